The summed E-state index contributed by atoms with van der Waals surface area (Å²) >= 11 is 9.76. The van der Waals surface area contributed by atoms with E-state index in [1.165, 1.54) is 5.56 Å². The van der Waals surface area contributed by atoms with Crippen molar-refractivity contribution in [2.45, 2.75) is 31.2 Å². The number of nitrogens with one attached hydrogen (secondary N) is 1. The van der Waals surface area contributed by atoms with Crippen molar-refractivity contribution in [2.24, 2.45) is 5.84 Å². The van der Waals surface area contributed by atoms with Gasteiger partial charge >= 0.3 is 0 Å². The van der Waals surface area contributed by atoms with Gasteiger partial charge in [0.25, 0.3) is 0 Å². The Morgan fingerprint density at radius 1 is 1.38 bits per heavy atom. The van der Waals surface area contributed by atoms with E-state index >= 15 is 0 Å². The van der Waals surface area contributed by atoms with Crippen LogP contribution in [-0.4, -0.2) is 4.98 Å². The molecule has 1 aromatic heterocycles. The highest BCUT2D eigenvalue weighted by Gasteiger charge is 2.30. The topological polar surface area (TPSA) is 50.9 Å². The molecule has 3 nitrogen and oxygen atoms in total. The van der Waals surface area contributed by atoms with Crippen LogP contribution in [-0.2, 0) is 6.42 Å². The van der Waals surface area contributed by atoms with Crippen molar-refractivity contribution in [3.63, 3.8) is 0 Å². The number of fused-ring (bicyclic) bond motifs is 1. The zero-order chi connectivity index (χ0) is 14.8. The molecule has 2 unspecified atom stereocenters. The molecule has 1 aliphatic carbocycles. The van der Waals surface area contributed by atoms with Crippen LogP contribution in [0.15, 0.2) is 41.0 Å². The van der Waals surface area contributed by atoms with E-state index in [2.05, 4.69) is 32.4 Å². The molecular formula is C16H17BrClN3. The first kappa shape index (κ1) is 15.0. The summed E-state index contributed by atoms with van der Waals surface area (Å²) < 4.78 is 1.01. The smallest absolute Gasteiger partial charge is 0.0555 e. The molecule has 5 heteroatoms. The Hall–Kier alpha value is -0.940. The van der Waals surface area contributed by atoms with Crippen LogP contribution in [0.5, 0.6) is 0 Å². The Morgan fingerprint density at radius 2 is 2.24 bits per heavy atom. The summed E-state index contributed by atoms with van der Waals surface area (Å²) in [4.78, 5) is 4.60. The third-order valence-corrected chi connectivity index (χ3v) is 5.07. The van der Waals surface area contributed by atoms with E-state index < -0.39 is 0 Å². The lowest BCUT2D eigenvalue weighted by Crippen LogP contribution is -2.34. The number of hydrazine groups is 1. The number of hydrogen-bond donors (Lipinski definition) is 2. The quantitative estimate of drug-likeness (QED) is 0.634. The third kappa shape index (κ3) is 2.99. The second-order valence-corrected chi connectivity index (χ2v) is 6.65. The summed E-state index contributed by atoms with van der Waals surface area (Å²) in [5.74, 6) is 6.13. The Morgan fingerprint density at radius 3 is 3.05 bits per heavy atom. The average molecular weight is 367 g/mol. The Balaban J connectivity index is 2.03. The van der Waals surface area contributed by atoms with Crippen LogP contribution in [0.2, 0.25) is 5.02 Å². The molecule has 0 amide bonds. The molecule has 0 saturated heterocycles. The standard InChI is InChI=1S/C16H17BrClN3/c17-14-7-6-11(18)9-13(14)16(21-19)12-5-1-3-10-4-2-8-20-15(10)12/h2,4,6-9,12,16,21H,1,3,5,19H2. The van der Waals surface area contributed by atoms with E-state index in [1.807, 2.05) is 30.5 Å². The molecule has 1 aliphatic rings. The van der Waals surface area contributed by atoms with Gasteiger partial charge < -0.3 is 0 Å². The molecule has 110 valence electrons. The maximum atomic E-state index is 6.15. The molecule has 1 aromatic carbocycles. The highest BCUT2D eigenvalue weighted by atomic mass is 79.9. The van der Waals surface area contributed by atoms with E-state index in [4.69, 9.17) is 17.4 Å². The van der Waals surface area contributed by atoms with Gasteiger partial charge in [-0.15, -0.1) is 0 Å². The normalized spacial score (nSPS) is 19.1. The van der Waals surface area contributed by atoms with Crippen molar-refractivity contribution < 1.29 is 0 Å². The number of aryl methyl sites for hydroxylation is 1. The predicted molar refractivity (Wildman–Crippen MR) is 89.1 cm³/mol. The Kier molecular flexibility index (Phi) is 4.60. The first-order chi connectivity index (χ1) is 10.2. The lowest BCUT2D eigenvalue weighted by molar-refractivity contribution is 0.399. The number of rotatable bonds is 3. The van der Waals surface area contributed by atoms with E-state index in [1.54, 1.807) is 0 Å². The van der Waals surface area contributed by atoms with Gasteiger partial charge in [0.05, 0.1) is 6.04 Å². The SMILES string of the molecule is NNC(c1cc(Cl)ccc1Br)C1CCCc2cccnc21. The van der Waals surface area contributed by atoms with Gasteiger partial charge in [-0.2, -0.15) is 0 Å². The van der Waals surface area contributed by atoms with E-state index in [0.29, 0.717) is 5.02 Å². The molecule has 21 heavy (non-hydrogen) atoms. The van der Waals surface area contributed by atoms with Gasteiger partial charge in [0, 0.05) is 27.3 Å². The summed E-state index contributed by atoms with van der Waals surface area (Å²) in [6.45, 7) is 0. The monoisotopic (exact) mass is 365 g/mol. The van der Waals surface area contributed by atoms with Crippen LogP contribution in [0.4, 0.5) is 0 Å². The molecule has 3 rings (SSSR count). The van der Waals surface area contributed by atoms with Gasteiger partial charge in [-0.25, -0.2) is 0 Å². The molecule has 0 aliphatic heterocycles. The molecule has 2 atom stereocenters. The van der Waals surface area contributed by atoms with Crippen molar-refractivity contribution >= 4 is 27.5 Å². The van der Waals surface area contributed by atoms with Crippen LogP contribution < -0.4 is 11.3 Å². The minimum atomic E-state index is -0.00738. The van der Waals surface area contributed by atoms with Crippen molar-refractivity contribution in [3.05, 3.63) is 62.8 Å². The summed E-state index contributed by atoms with van der Waals surface area (Å²) in [5.41, 5.74) is 6.52. The van der Waals surface area contributed by atoms with Gasteiger partial charge in [-0.1, -0.05) is 33.6 Å². The first-order valence-corrected chi connectivity index (χ1v) is 8.22. The summed E-state index contributed by atoms with van der Waals surface area (Å²) in [6.07, 6.45) is 5.17. The van der Waals surface area contributed by atoms with Gasteiger partial charge in [0.15, 0.2) is 0 Å². The minimum absolute atomic E-state index is 0.00738. The number of nitrogens with two attached hydrogens (primary N) is 1. The maximum absolute atomic E-state index is 6.15. The number of pyridine rings is 1. The number of hydrogen-bond acceptors (Lipinski definition) is 3. The number of benzene rings is 1. The van der Waals surface area contributed by atoms with Gasteiger partial charge in [-0.05, 0) is 54.7 Å². The summed E-state index contributed by atoms with van der Waals surface area (Å²) in [5, 5.41) is 0.713. The number of aromatic nitrogens is 1. The Labute approximate surface area is 138 Å². The van der Waals surface area contributed by atoms with Gasteiger partial charge in [0.1, 0.15) is 0 Å². The lowest BCUT2D eigenvalue weighted by Gasteiger charge is -2.31. The number of halogens is 2. The third-order valence-electron chi connectivity index (χ3n) is 4.11. The first-order valence-electron chi connectivity index (χ1n) is 7.05. The molecule has 0 saturated carbocycles. The largest absolute Gasteiger partial charge is 0.271 e. The maximum Gasteiger partial charge on any atom is 0.0555 e. The summed E-state index contributed by atoms with van der Waals surface area (Å²) in [7, 11) is 0. The van der Waals surface area contributed by atoms with Gasteiger partial charge in [-0.3, -0.25) is 16.3 Å². The fourth-order valence-electron chi connectivity index (χ4n) is 3.15. The zero-order valence-electron chi connectivity index (χ0n) is 11.5. The molecule has 1 heterocycles. The van der Waals surface area contributed by atoms with Crippen LogP contribution in [0.25, 0.3) is 0 Å². The minimum Gasteiger partial charge on any atom is -0.271 e. The molecule has 0 spiro atoms. The lowest BCUT2D eigenvalue weighted by atomic mass is 9.80. The fraction of sp³-hybridized carbons (Fsp3) is 0.312. The zero-order valence-corrected chi connectivity index (χ0v) is 13.9. The van der Waals surface area contributed by atoms with Crippen molar-refractivity contribution in [2.75, 3.05) is 0 Å². The van der Waals surface area contributed by atoms with Crippen LogP contribution in [0.1, 0.15) is 41.6 Å². The van der Waals surface area contributed by atoms with Crippen LogP contribution >= 0.6 is 27.5 Å². The number of nitrogens with zero attached hydrogens (tertiary/aromatic N) is 1. The summed E-state index contributed by atoms with van der Waals surface area (Å²) in [6, 6.07) is 9.95. The predicted octanol–water partition coefficient (Wildman–Crippen LogP) is 4.12. The molecule has 3 N–H and O–H groups in total. The van der Waals surface area contributed by atoms with Crippen molar-refractivity contribution in [1.29, 1.82) is 0 Å². The highest BCUT2D eigenvalue weighted by Crippen LogP contribution is 2.41. The van der Waals surface area contributed by atoms with E-state index in [-0.39, 0.29) is 12.0 Å². The molecule has 0 bridgehead atoms. The second kappa shape index (κ2) is 6.44. The average Bonchev–Trinajstić information content (AvgIpc) is 2.51. The van der Waals surface area contributed by atoms with E-state index in [9.17, 15) is 0 Å². The highest BCUT2D eigenvalue weighted by molar-refractivity contribution is 9.10. The van der Waals surface area contributed by atoms with E-state index in [0.717, 1.165) is 35.0 Å². The second-order valence-electron chi connectivity index (χ2n) is 5.36. The van der Waals surface area contributed by atoms with Gasteiger partial charge in [0.2, 0.25) is 0 Å². The fourth-order valence-corrected chi connectivity index (χ4v) is 3.82. The molecular weight excluding hydrogens is 350 g/mol. The van der Waals surface area contributed by atoms with Crippen molar-refractivity contribution in [3.8, 4) is 0 Å². The molecule has 0 fully saturated rings. The van der Waals surface area contributed by atoms with Crippen LogP contribution in [0.3, 0.4) is 0 Å². The Bertz CT molecular complexity index is 647. The molecule has 2 aromatic rings. The molecule has 0 radical (unpaired) electrons. The van der Waals surface area contributed by atoms with Crippen LogP contribution in [0, 0.1) is 0 Å². The van der Waals surface area contributed by atoms with Crippen molar-refractivity contribution in [1.82, 2.24) is 10.4 Å².